The van der Waals surface area contributed by atoms with Crippen molar-refractivity contribution in [3.63, 3.8) is 0 Å². The summed E-state index contributed by atoms with van der Waals surface area (Å²) in [6.07, 6.45) is 1.45. The first-order valence-electron chi connectivity index (χ1n) is 10.2. The molecule has 0 radical (unpaired) electrons. The van der Waals surface area contributed by atoms with Gasteiger partial charge in [0.15, 0.2) is 6.61 Å². The summed E-state index contributed by atoms with van der Waals surface area (Å²) < 4.78 is 15.6. The van der Waals surface area contributed by atoms with Crippen LogP contribution in [-0.4, -0.2) is 41.8 Å². The Morgan fingerprint density at radius 3 is 2.45 bits per heavy atom. The van der Waals surface area contributed by atoms with E-state index >= 15 is 0 Å². The maximum absolute atomic E-state index is 12.7. The third kappa shape index (κ3) is 4.77. The summed E-state index contributed by atoms with van der Waals surface area (Å²) in [5.74, 6) is -1.18. The molecule has 168 valence electrons. The maximum atomic E-state index is 12.7. The van der Waals surface area contributed by atoms with E-state index in [4.69, 9.17) is 13.9 Å². The molecule has 0 atom stereocenters. The highest BCUT2D eigenvalue weighted by molar-refractivity contribution is 6.21. The first-order chi connectivity index (χ1) is 16.0. The summed E-state index contributed by atoms with van der Waals surface area (Å²) in [7, 11) is 0. The Labute approximate surface area is 188 Å². The van der Waals surface area contributed by atoms with Crippen LogP contribution in [0.4, 0.5) is 5.69 Å². The van der Waals surface area contributed by atoms with E-state index in [0.717, 1.165) is 4.90 Å². The monoisotopic (exact) mass is 448 g/mol. The quantitative estimate of drug-likeness (QED) is 0.415. The average Bonchev–Trinajstić information content (AvgIpc) is 3.42. The second-order valence-electron chi connectivity index (χ2n) is 7.12. The number of hydrogen-bond acceptors (Lipinski definition) is 7. The molecule has 0 spiro atoms. The number of nitrogens with zero attached hydrogens (tertiary/aromatic N) is 1. The Morgan fingerprint density at radius 1 is 1.00 bits per heavy atom. The van der Waals surface area contributed by atoms with E-state index in [9.17, 15) is 19.2 Å². The summed E-state index contributed by atoms with van der Waals surface area (Å²) in [5, 5.41) is 2.61. The Kier molecular flexibility index (Phi) is 6.21. The molecule has 0 bridgehead atoms. The molecule has 9 heteroatoms. The van der Waals surface area contributed by atoms with Gasteiger partial charge in [0.1, 0.15) is 11.5 Å². The third-order valence-electron chi connectivity index (χ3n) is 4.88. The lowest BCUT2D eigenvalue weighted by Crippen LogP contribution is -2.28. The molecule has 1 aromatic heterocycles. The van der Waals surface area contributed by atoms with E-state index in [1.54, 1.807) is 36.4 Å². The van der Waals surface area contributed by atoms with E-state index in [0.29, 0.717) is 23.8 Å². The van der Waals surface area contributed by atoms with Crippen LogP contribution in [0.5, 0.6) is 5.75 Å². The van der Waals surface area contributed by atoms with Crippen molar-refractivity contribution in [3.8, 4) is 5.75 Å². The fraction of sp³-hybridized carbons (Fsp3) is 0.167. The van der Waals surface area contributed by atoms with Crippen molar-refractivity contribution in [2.75, 3.05) is 18.5 Å². The van der Waals surface area contributed by atoms with Crippen LogP contribution in [0.1, 0.15) is 43.8 Å². The predicted octanol–water partition coefficient (Wildman–Crippen LogP) is 3.27. The fourth-order valence-corrected chi connectivity index (χ4v) is 3.33. The molecule has 2 heterocycles. The number of carbonyl (C=O) groups is 4. The van der Waals surface area contributed by atoms with Crippen molar-refractivity contribution in [1.29, 1.82) is 0 Å². The van der Waals surface area contributed by atoms with E-state index in [1.807, 2.05) is 6.92 Å². The normalized spacial score (nSPS) is 12.5. The van der Waals surface area contributed by atoms with E-state index in [-0.39, 0.29) is 23.2 Å². The summed E-state index contributed by atoms with van der Waals surface area (Å²) in [6.45, 7) is 1.88. The molecule has 0 aliphatic carbocycles. The number of amides is 3. The predicted molar refractivity (Wildman–Crippen MR) is 116 cm³/mol. The first-order valence-corrected chi connectivity index (χ1v) is 10.2. The average molecular weight is 448 g/mol. The Morgan fingerprint density at radius 2 is 1.76 bits per heavy atom. The van der Waals surface area contributed by atoms with Gasteiger partial charge in [-0.2, -0.15) is 0 Å². The molecule has 3 aromatic rings. The smallest absolute Gasteiger partial charge is 0.338 e. The molecule has 1 aliphatic heterocycles. The topological polar surface area (TPSA) is 115 Å². The molecule has 2 aromatic carbocycles. The summed E-state index contributed by atoms with van der Waals surface area (Å²) in [4.78, 5) is 50.8. The third-order valence-corrected chi connectivity index (χ3v) is 4.88. The van der Waals surface area contributed by atoms with Gasteiger partial charge in [-0.1, -0.05) is 0 Å². The van der Waals surface area contributed by atoms with Crippen molar-refractivity contribution in [2.45, 2.75) is 13.5 Å². The number of rotatable bonds is 8. The van der Waals surface area contributed by atoms with Gasteiger partial charge in [-0.05, 0) is 61.5 Å². The number of benzene rings is 2. The Bertz CT molecular complexity index is 1200. The molecule has 1 aliphatic rings. The van der Waals surface area contributed by atoms with Gasteiger partial charge in [0.05, 0.1) is 36.1 Å². The largest absolute Gasteiger partial charge is 0.494 e. The number of fused-ring (bicyclic) bond motifs is 1. The molecular formula is C24H20N2O7. The summed E-state index contributed by atoms with van der Waals surface area (Å²) in [6, 6.07) is 14.2. The molecule has 4 rings (SSSR count). The standard InChI is InChI=1S/C24H20N2O7/c1-2-31-17-8-6-16(7-9-17)25-21(27)14-33-24(30)15-5-10-19-20(12-15)23(29)26(22(19)28)13-18-4-3-11-32-18/h3-12H,2,13-14H2,1H3,(H,25,27). The van der Waals surface area contributed by atoms with Gasteiger partial charge >= 0.3 is 5.97 Å². The van der Waals surface area contributed by atoms with Crippen molar-refractivity contribution in [3.05, 3.63) is 83.3 Å². The molecule has 1 N–H and O–H groups in total. The second kappa shape index (κ2) is 9.39. The minimum Gasteiger partial charge on any atom is -0.494 e. The minimum absolute atomic E-state index is 0.00908. The van der Waals surface area contributed by atoms with Crippen molar-refractivity contribution in [2.24, 2.45) is 0 Å². The Balaban J connectivity index is 1.36. The highest BCUT2D eigenvalue weighted by atomic mass is 16.5. The molecule has 0 saturated heterocycles. The number of furan rings is 1. The summed E-state index contributed by atoms with van der Waals surface area (Å²) >= 11 is 0. The highest BCUT2D eigenvalue weighted by Gasteiger charge is 2.36. The minimum atomic E-state index is -0.788. The number of nitrogens with one attached hydrogen (secondary N) is 1. The van der Waals surface area contributed by atoms with Gasteiger partial charge in [0, 0.05) is 5.69 Å². The zero-order chi connectivity index (χ0) is 23.4. The van der Waals surface area contributed by atoms with Gasteiger partial charge in [-0.15, -0.1) is 0 Å². The SMILES string of the molecule is CCOc1ccc(NC(=O)COC(=O)c2ccc3c(c2)C(=O)N(Cc2ccco2)C3=O)cc1. The Hall–Kier alpha value is -4.40. The van der Waals surface area contributed by atoms with Crippen LogP contribution in [0.3, 0.4) is 0 Å². The molecule has 0 unspecified atom stereocenters. The van der Waals surface area contributed by atoms with Crippen LogP contribution in [0.2, 0.25) is 0 Å². The van der Waals surface area contributed by atoms with Crippen LogP contribution in [0.25, 0.3) is 0 Å². The highest BCUT2D eigenvalue weighted by Crippen LogP contribution is 2.26. The number of esters is 1. The summed E-state index contributed by atoms with van der Waals surface area (Å²) in [5.41, 5.74) is 0.873. The molecule has 0 fully saturated rings. The number of hydrogen-bond donors (Lipinski definition) is 1. The molecule has 33 heavy (non-hydrogen) atoms. The second-order valence-corrected chi connectivity index (χ2v) is 7.12. The van der Waals surface area contributed by atoms with Gasteiger partial charge in [-0.3, -0.25) is 19.3 Å². The lowest BCUT2D eigenvalue weighted by molar-refractivity contribution is -0.119. The zero-order valence-electron chi connectivity index (χ0n) is 17.7. The number of carbonyl (C=O) groups excluding carboxylic acids is 4. The van der Waals surface area contributed by atoms with Crippen molar-refractivity contribution in [1.82, 2.24) is 4.90 Å². The molecular weight excluding hydrogens is 428 g/mol. The van der Waals surface area contributed by atoms with Crippen molar-refractivity contribution >= 4 is 29.4 Å². The van der Waals surface area contributed by atoms with E-state index < -0.39 is 30.3 Å². The number of imide groups is 1. The van der Waals surface area contributed by atoms with Crippen LogP contribution in [-0.2, 0) is 16.1 Å². The van der Waals surface area contributed by atoms with Gasteiger partial charge < -0.3 is 19.2 Å². The van der Waals surface area contributed by atoms with Crippen LogP contribution in [0.15, 0.2) is 65.3 Å². The lowest BCUT2D eigenvalue weighted by atomic mass is 10.1. The van der Waals surface area contributed by atoms with Crippen LogP contribution < -0.4 is 10.1 Å². The maximum Gasteiger partial charge on any atom is 0.338 e. The van der Waals surface area contributed by atoms with Crippen LogP contribution in [0, 0.1) is 0 Å². The van der Waals surface area contributed by atoms with E-state index in [1.165, 1.54) is 24.5 Å². The lowest BCUT2D eigenvalue weighted by Gasteiger charge is -2.11. The molecule has 3 amide bonds. The fourth-order valence-electron chi connectivity index (χ4n) is 3.33. The van der Waals surface area contributed by atoms with Gasteiger partial charge in [0.25, 0.3) is 17.7 Å². The van der Waals surface area contributed by atoms with Crippen LogP contribution >= 0.6 is 0 Å². The van der Waals surface area contributed by atoms with Gasteiger partial charge in [-0.25, -0.2) is 4.79 Å². The zero-order valence-corrected chi connectivity index (χ0v) is 17.7. The first kappa shape index (κ1) is 21.8. The number of ether oxygens (including phenoxy) is 2. The molecule has 0 saturated carbocycles. The molecule has 9 nitrogen and oxygen atoms in total. The van der Waals surface area contributed by atoms with E-state index in [2.05, 4.69) is 5.32 Å². The van der Waals surface area contributed by atoms with Crippen molar-refractivity contribution < 1.29 is 33.1 Å². The van der Waals surface area contributed by atoms with Gasteiger partial charge in [0.2, 0.25) is 0 Å². The number of anilines is 1.